The topological polar surface area (TPSA) is 42.3 Å². The predicted molar refractivity (Wildman–Crippen MR) is 92.0 cm³/mol. The number of fused-ring (bicyclic) bond motifs is 2. The van der Waals surface area contributed by atoms with E-state index in [0.717, 1.165) is 23.8 Å². The SMILES string of the molecule is CC1(C)C[C@@H]2C[C@](C)(CN2C(=O)Cn2cc(C(F)(F)F)cc(Cl)c2=O)C1. The van der Waals surface area contributed by atoms with Crippen molar-refractivity contribution in [3.05, 3.63) is 33.2 Å². The van der Waals surface area contributed by atoms with Gasteiger partial charge in [0.1, 0.15) is 11.6 Å². The molecule has 2 heterocycles. The van der Waals surface area contributed by atoms with E-state index in [9.17, 15) is 22.8 Å². The van der Waals surface area contributed by atoms with Crippen molar-refractivity contribution in [3.8, 4) is 0 Å². The summed E-state index contributed by atoms with van der Waals surface area (Å²) in [4.78, 5) is 26.6. The fraction of sp³-hybridized carbons (Fsp3) is 0.667. The number of hydrogen-bond donors (Lipinski definition) is 0. The molecular formula is C18H22ClF3N2O2. The predicted octanol–water partition coefficient (Wildman–Crippen LogP) is 3.95. The summed E-state index contributed by atoms with van der Waals surface area (Å²) in [6, 6.07) is 0.658. The Morgan fingerprint density at radius 1 is 1.31 bits per heavy atom. The minimum absolute atomic E-state index is 0.0124. The van der Waals surface area contributed by atoms with Crippen molar-refractivity contribution >= 4 is 17.5 Å². The monoisotopic (exact) mass is 390 g/mol. The third-order valence-electron chi connectivity index (χ3n) is 5.41. The van der Waals surface area contributed by atoms with Crippen molar-refractivity contribution in [2.45, 2.75) is 58.8 Å². The lowest BCUT2D eigenvalue weighted by Crippen LogP contribution is -2.40. The summed E-state index contributed by atoms with van der Waals surface area (Å²) in [7, 11) is 0. The smallest absolute Gasteiger partial charge is 0.338 e. The molecule has 1 saturated heterocycles. The average Bonchev–Trinajstić information content (AvgIpc) is 2.71. The van der Waals surface area contributed by atoms with E-state index < -0.39 is 28.9 Å². The lowest BCUT2D eigenvalue weighted by molar-refractivity contribution is -0.139. The first-order valence-corrected chi connectivity index (χ1v) is 8.94. The molecule has 2 bridgehead atoms. The molecule has 1 aromatic heterocycles. The second-order valence-corrected chi connectivity index (χ2v) is 9.15. The number of rotatable bonds is 2. The van der Waals surface area contributed by atoms with Gasteiger partial charge in [0.2, 0.25) is 5.91 Å². The van der Waals surface area contributed by atoms with Crippen LogP contribution in [0.25, 0.3) is 0 Å². The van der Waals surface area contributed by atoms with E-state index in [4.69, 9.17) is 11.6 Å². The van der Waals surface area contributed by atoms with Gasteiger partial charge >= 0.3 is 6.18 Å². The molecule has 2 atom stereocenters. The van der Waals surface area contributed by atoms with Crippen LogP contribution in [-0.2, 0) is 17.5 Å². The van der Waals surface area contributed by atoms with Crippen LogP contribution in [0.3, 0.4) is 0 Å². The maximum Gasteiger partial charge on any atom is 0.417 e. The Kier molecular flexibility index (Phi) is 4.45. The van der Waals surface area contributed by atoms with Gasteiger partial charge in [0.05, 0.1) is 5.56 Å². The van der Waals surface area contributed by atoms with Crippen molar-refractivity contribution < 1.29 is 18.0 Å². The quantitative estimate of drug-likeness (QED) is 0.767. The number of amides is 1. The molecule has 26 heavy (non-hydrogen) atoms. The highest BCUT2D eigenvalue weighted by Gasteiger charge is 2.50. The summed E-state index contributed by atoms with van der Waals surface area (Å²) in [5, 5.41) is -0.541. The molecule has 0 aromatic carbocycles. The van der Waals surface area contributed by atoms with Crippen LogP contribution in [-0.4, -0.2) is 28.0 Å². The van der Waals surface area contributed by atoms with Crippen molar-refractivity contribution in [2.24, 2.45) is 10.8 Å². The summed E-state index contributed by atoms with van der Waals surface area (Å²) in [6.45, 7) is 6.61. The molecule has 0 spiro atoms. The molecule has 2 fully saturated rings. The van der Waals surface area contributed by atoms with Crippen LogP contribution < -0.4 is 5.56 Å². The van der Waals surface area contributed by atoms with Crippen LogP contribution in [0.15, 0.2) is 17.1 Å². The van der Waals surface area contributed by atoms with Crippen LogP contribution in [0.4, 0.5) is 13.2 Å². The van der Waals surface area contributed by atoms with Crippen LogP contribution in [0.5, 0.6) is 0 Å². The average molecular weight is 391 g/mol. The molecule has 4 nitrogen and oxygen atoms in total. The molecule has 1 aliphatic heterocycles. The number of carbonyl (C=O) groups excluding carboxylic acids is 1. The fourth-order valence-corrected chi connectivity index (χ4v) is 5.09. The number of aromatic nitrogens is 1. The molecule has 1 aromatic rings. The minimum atomic E-state index is -4.64. The third kappa shape index (κ3) is 3.63. The molecule has 0 N–H and O–H groups in total. The Morgan fingerprint density at radius 3 is 2.58 bits per heavy atom. The summed E-state index contributed by atoms with van der Waals surface area (Å²) in [6.07, 6.45) is -1.23. The highest BCUT2D eigenvalue weighted by molar-refractivity contribution is 6.30. The van der Waals surface area contributed by atoms with E-state index >= 15 is 0 Å². The number of alkyl halides is 3. The van der Waals surface area contributed by atoms with Gasteiger partial charge in [-0.3, -0.25) is 9.59 Å². The molecule has 1 aliphatic carbocycles. The summed E-state index contributed by atoms with van der Waals surface area (Å²) >= 11 is 5.66. The Hall–Kier alpha value is -1.50. The fourth-order valence-electron chi connectivity index (χ4n) is 4.86. The number of halogens is 4. The summed E-state index contributed by atoms with van der Waals surface area (Å²) in [5.41, 5.74) is -1.70. The number of hydrogen-bond acceptors (Lipinski definition) is 2. The zero-order valence-electron chi connectivity index (χ0n) is 15.0. The zero-order chi connectivity index (χ0) is 19.5. The maximum atomic E-state index is 13.0. The lowest BCUT2D eigenvalue weighted by Gasteiger charge is -2.39. The first kappa shape index (κ1) is 19.3. The Labute approximate surface area is 154 Å². The van der Waals surface area contributed by atoms with E-state index in [1.807, 2.05) is 0 Å². The summed E-state index contributed by atoms with van der Waals surface area (Å²) < 4.78 is 39.6. The number of carbonyl (C=O) groups is 1. The first-order valence-electron chi connectivity index (χ1n) is 8.56. The molecule has 8 heteroatoms. The van der Waals surface area contributed by atoms with E-state index in [1.54, 1.807) is 4.90 Å². The van der Waals surface area contributed by atoms with E-state index in [1.165, 1.54) is 0 Å². The van der Waals surface area contributed by atoms with Gasteiger partial charge in [0.15, 0.2) is 0 Å². The first-order chi connectivity index (χ1) is 11.8. The van der Waals surface area contributed by atoms with Gasteiger partial charge in [-0.1, -0.05) is 32.4 Å². The molecule has 1 saturated carbocycles. The van der Waals surface area contributed by atoms with Crippen LogP contribution in [0.1, 0.15) is 45.6 Å². The molecular weight excluding hydrogens is 369 g/mol. The van der Waals surface area contributed by atoms with E-state index in [0.29, 0.717) is 18.8 Å². The Morgan fingerprint density at radius 2 is 1.96 bits per heavy atom. The highest BCUT2D eigenvalue weighted by atomic mass is 35.5. The molecule has 1 amide bonds. The van der Waals surface area contributed by atoms with Crippen molar-refractivity contribution in [2.75, 3.05) is 6.54 Å². The molecule has 0 radical (unpaired) electrons. The van der Waals surface area contributed by atoms with Crippen molar-refractivity contribution in [3.63, 3.8) is 0 Å². The lowest BCUT2D eigenvalue weighted by atomic mass is 9.65. The zero-order valence-corrected chi connectivity index (χ0v) is 15.7. The second kappa shape index (κ2) is 6.01. The van der Waals surface area contributed by atoms with Crippen LogP contribution in [0.2, 0.25) is 5.02 Å². The molecule has 3 rings (SSSR count). The van der Waals surface area contributed by atoms with Gasteiger partial charge in [-0.15, -0.1) is 0 Å². The van der Waals surface area contributed by atoms with Crippen molar-refractivity contribution in [1.29, 1.82) is 0 Å². The Bertz CT molecular complexity index is 803. The summed E-state index contributed by atoms with van der Waals surface area (Å²) in [5.74, 6) is -0.339. The highest BCUT2D eigenvalue weighted by Crippen LogP contribution is 2.52. The largest absolute Gasteiger partial charge is 0.417 e. The minimum Gasteiger partial charge on any atom is -0.338 e. The van der Waals surface area contributed by atoms with Gasteiger partial charge in [-0.2, -0.15) is 13.2 Å². The standard InChI is InChI=1S/C18H22ClF3N2O2/c1-16(2)5-12-6-17(3,9-16)10-24(12)14(25)8-23-7-11(18(20,21)22)4-13(19)15(23)26/h4,7,12H,5-6,8-10H2,1-3H3/t12-,17+/m1/s1. The molecule has 2 aliphatic rings. The normalized spacial score (nSPS) is 27.7. The van der Waals surface area contributed by atoms with Gasteiger partial charge in [0.25, 0.3) is 5.56 Å². The third-order valence-corrected chi connectivity index (χ3v) is 5.68. The van der Waals surface area contributed by atoms with Crippen molar-refractivity contribution in [1.82, 2.24) is 9.47 Å². The van der Waals surface area contributed by atoms with Gasteiger partial charge in [0, 0.05) is 18.8 Å². The number of pyridine rings is 1. The second-order valence-electron chi connectivity index (χ2n) is 8.74. The van der Waals surface area contributed by atoms with Gasteiger partial charge in [-0.05, 0) is 36.2 Å². The molecule has 144 valence electrons. The van der Waals surface area contributed by atoms with Gasteiger partial charge < -0.3 is 9.47 Å². The van der Waals surface area contributed by atoms with E-state index in [2.05, 4.69) is 20.8 Å². The van der Waals surface area contributed by atoms with Gasteiger partial charge in [-0.25, -0.2) is 0 Å². The molecule has 0 unspecified atom stereocenters. The Balaban J connectivity index is 1.85. The number of nitrogens with zero attached hydrogens (tertiary/aromatic N) is 2. The van der Waals surface area contributed by atoms with Crippen LogP contribution in [0, 0.1) is 10.8 Å². The van der Waals surface area contributed by atoms with Crippen LogP contribution >= 0.6 is 11.6 Å². The maximum absolute atomic E-state index is 13.0. The van der Waals surface area contributed by atoms with E-state index in [-0.39, 0.29) is 22.8 Å². The number of likely N-dealkylation sites (tertiary alicyclic amines) is 1.